The van der Waals surface area contributed by atoms with Crippen LogP contribution in [0.15, 0.2) is 47.6 Å². The van der Waals surface area contributed by atoms with E-state index in [-0.39, 0.29) is 10.6 Å². The highest BCUT2D eigenvalue weighted by molar-refractivity contribution is 7.87. The maximum Gasteiger partial charge on any atom is 0.339 e. The normalized spacial score (nSPS) is 11.2. The van der Waals surface area contributed by atoms with Crippen molar-refractivity contribution in [2.45, 2.75) is 18.7 Å². The number of benzene rings is 1. The van der Waals surface area contributed by atoms with E-state index >= 15 is 0 Å². The molecule has 0 amide bonds. The Labute approximate surface area is 106 Å². The van der Waals surface area contributed by atoms with Crippen LogP contribution in [0.1, 0.15) is 11.1 Å². The van der Waals surface area contributed by atoms with Crippen molar-refractivity contribution in [2.24, 2.45) is 0 Å². The molecular formula is C13H13NO3S. The second kappa shape index (κ2) is 4.78. The Kier molecular flexibility index (Phi) is 3.34. The number of nitrogens with zero attached hydrogens (tertiary/aromatic N) is 1. The molecule has 0 fully saturated rings. The van der Waals surface area contributed by atoms with Gasteiger partial charge in [0.2, 0.25) is 0 Å². The zero-order chi connectivity index (χ0) is 13.2. The Morgan fingerprint density at radius 2 is 1.72 bits per heavy atom. The van der Waals surface area contributed by atoms with Crippen LogP contribution in [-0.4, -0.2) is 13.4 Å². The molecule has 0 spiro atoms. The van der Waals surface area contributed by atoms with E-state index in [1.807, 2.05) is 6.92 Å². The van der Waals surface area contributed by atoms with Crippen molar-refractivity contribution in [3.05, 3.63) is 53.9 Å². The van der Waals surface area contributed by atoms with E-state index in [0.717, 1.165) is 11.1 Å². The maximum absolute atomic E-state index is 12.0. The molecule has 1 aromatic carbocycles. The minimum Gasteiger partial charge on any atom is -0.377 e. The summed E-state index contributed by atoms with van der Waals surface area (Å²) < 4.78 is 29.1. The highest BCUT2D eigenvalue weighted by Crippen LogP contribution is 2.21. The van der Waals surface area contributed by atoms with Gasteiger partial charge in [-0.3, -0.25) is 4.98 Å². The van der Waals surface area contributed by atoms with Gasteiger partial charge in [-0.2, -0.15) is 8.42 Å². The summed E-state index contributed by atoms with van der Waals surface area (Å²) in [6, 6.07) is 8.20. The molecule has 0 N–H and O–H groups in total. The molecule has 2 rings (SSSR count). The minimum absolute atomic E-state index is 0.136. The van der Waals surface area contributed by atoms with Gasteiger partial charge in [0, 0.05) is 6.20 Å². The van der Waals surface area contributed by atoms with Gasteiger partial charge in [0.1, 0.15) is 4.90 Å². The van der Waals surface area contributed by atoms with Crippen LogP contribution in [0.3, 0.4) is 0 Å². The number of aryl methyl sites for hydroxylation is 2. The van der Waals surface area contributed by atoms with E-state index in [4.69, 9.17) is 4.18 Å². The van der Waals surface area contributed by atoms with Crippen molar-refractivity contribution < 1.29 is 12.6 Å². The molecule has 0 unspecified atom stereocenters. The fourth-order valence-corrected chi connectivity index (χ4v) is 2.38. The predicted octanol–water partition coefficient (Wildman–Crippen LogP) is 2.47. The van der Waals surface area contributed by atoms with Crippen molar-refractivity contribution in [3.8, 4) is 5.75 Å². The summed E-state index contributed by atoms with van der Waals surface area (Å²) in [5.41, 5.74) is 1.71. The first kappa shape index (κ1) is 12.6. The average Bonchev–Trinajstić information content (AvgIpc) is 2.32. The molecule has 0 aliphatic heterocycles. The van der Waals surface area contributed by atoms with Gasteiger partial charge < -0.3 is 4.18 Å². The van der Waals surface area contributed by atoms with Crippen LogP contribution in [0.4, 0.5) is 0 Å². The molecule has 94 valence electrons. The Balaban J connectivity index is 2.33. The monoisotopic (exact) mass is 263 g/mol. The summed E-state index contributed by atoms with van der Waals surface area (Å²) in [5, 5.41) is 0. The lowest BCUT2D eigenvalue weighted by molar-refractivity contribution is 0.483. The topological polar surface area (TPSA) is 56.3 Å². The molecule has 1 heterocycles. The van der Waals surface area contributed by atoms with Gasteiger partial charge in [0.15, 0.2) is 5.75 Å². The Morgan fingerprint density at radius 3 is 2.33 bits per heavy atom. The largest absolute Gasteiger partial charge is 0.377 e. The van der Waals surface area contributed by atoms with Crippen molar-refractivity contribution in [1.82, 2.24) is 4.98 Å². The van der Waals surface area contributed by atoms with Crippen LogP contribution < -0.4 is 4.18 Å². The van der Waals surface area contributed by atoms with Gasteiger partial charge in [0.05, 0.1) is 6.20 Å². The summed E-state index contributed by atoms with van der Waals surface area (Å²) >= 11 is 0. The van der Waals surface area contributed by atoms with E-state index < -0.39 is 10.1 Å². The van der Waals surface area contributed by atoms with Gasteiger partial charge in [-0.1, -0.05) is 17.7 Å². The number of aromatic nitrogens is 1. The van der Waals surface area contributed by atoms with Crippen LogP contribution in [0.5, 0.6) is 5.75 Å². The summed E-state index contributed by atoms with van der Waals surface area (Å²) in [6.45, 7) is 3.66. The smallest absolute Gasteiger partial charge is 0.339 e. The van der Waals surface area contributed by atoms with Crippen molar-refractivity contribution in [3.63, 3.8) is 0 Å². The number of pyridine rings is 1. The van der Waals surface area contributed by atoms with Crippen LogP contribution >= 0.6 is 0 Å². The van der Waals surface area contributed by atoms with E-state index in [2.05, 4.69) is 4.98 Å². The van der Waals surface area contributed by atoms with E-state index in [1.165, 1.54) is 18.3 Å². The lowest BCUT2D eigenvalue weighted by atomic mass is 10.2. The highest BCUT2D eigenvalue weighted by Gasteiger charge is 2.17. The summed E-state index contributed by atoms with van der Waals surface area (Å²) in [7, 11) is -3.79. The molecular weight excluding hydrogens is 250 g/mol. The second-order valence-electron chi connectivity index (χ2n) is 3.99. The molecule has 0 saturated carbocycles. The van der Waals surface area contributed by atoms with Crippen LogP contribution in [0.2, 0.25) is 0 Å². The van der Waals surface area contributed by atoms with Crippen LogP contribution in [-0.2, 0) is 10.1 Å². The molecule has 0 aliphatic rings. The van der Waals surface area contributed by atoms with Gasteiger partial charge in [-0.05, 0) is 37.6 Å². The molecule has 4 nitrogen and oxygen atoms in total. The van der Waals surface area contributed by atoms with Crippen LogP contribution in [0, 0.1) is 13.8 Å². The lowest BCUT2D eigenvalue weighted by Crippen LogP contribution is -2.10. The van der Waals surface area contributed by atoms with Gasteiger partial charge in [0.25, 0.3) is 0 Å². The molecule has 0 saturated heterocycles. The first-order chi connectivity index (χ1) is 8.49. The van der Waals surface area contributed by atoms with Gasteiger partial charge in [-0.25, -0.2) is 0 Å². The van der Waals surface area contributed by atoms with Crippen molar-refractivity contribution in [2.75, 3.05) is 0 Å². The van der Waals surface area contributed by atoms with E-state index in [1.54, 1.807) is 31.3 Å². The average molecular weight is 263 g/mol. The Hall–Kier alpha value is -1.88. The zero-order valence-electron chi connectivity index (χ0n) is 10.1. The summed E-state index contributed by atoms with van der Waals surface area (Å²) in [6.07, 6.45) is 2.97. The fraction of sp³-hybridized carbons (Fsp3) is 0.154. The maximum atomic E-state index is 12.0. The quantitative estimate of drug-likeness (QED) is 0.798. The third kappa shape index (κ3) is 2.68. The SMILES string of the molecule is Cc1ccc(S(=O)(=O)Oc2cnccc2C)cc1. The molecule has 5 heteroatoms. The number of hydrogen-bond acceptors (Lipinski definition) is 4. The molecule has 0 bridgehead atoms. The lowest BCUT2D eigenvalue weighted by Gasteiger charge is -2.08. The van der Waals surface area contributed by atoms with Gasteiger partial charge in [-0.15, -0.1) is 0 Å². The molecule has 2 aromatic rings. The number of hydrogen-bond donors (Lipinski definition) is 0. The van der Waals surface area contributed by atoms with Crippen LogP contribution in [0.25, 0.3) is 0 Å². The van der Waals surface area contributed by atoms with Crippen molar-refractivity contribution >= 4 is 10.1 Å². The standard InChI is InChI=1S/C13H13NO3S/c1-10-3-5-12(6-4-10)18(15,16)17-13-9-14-8-7-11(13)2/h3-9H,1-2H3. The first-order valence-corrected chi connectivity index (χ1v) is 6.81. The second-order valence-corrected chi connectivity index (χ2v) is 5.54. The zero-order valence-corrected chi connectivity index (χ0v) is 10.9. The predicted molar refractivity (Wildman–Crippen MR) is 68.0 cm³/mol. The molecule has 1 aromatic heterocycles. The third-order valence-corrected chi connectivity index (χ3v) is 3.75. The Morgan fingerprint density at radius 1 is 1.06 bits per heavy atom. The van der Waals surface area contributed by atoms with E-state index in [0.29, 0.717) is 0 Å². The van der Waals surface area contributed by atoms with Gasteiger partial charge >= 0.3 is 10.1 Å². The van der Waals surface area contributed by atoms with E-state index in [9.17, 15) is 8.42 Å². The fourth-order valence-electron chi connectivity index (χ4n) is 1.41. The highest BCUT2D eigenvalue weighted by atomic mass is 32.2. The first-order valence-electron chi connectivity index (χ1n) is 5.41. The number of rotatable bonds is 3. The molecule has 0 radical (unpaired) electrons. The summed E-state index contributed by atoms with van der Waals surface area (Å²) in [4.78, 5) is 3.98. The minimum atomic E-state index is -3.79. The summed E-state index contributed by atoms with van der Waals surface area (Å²) in [5.74, 6) is 0.248. The Bertz CT molecular complexity index is 648. The third-order valence-electron chi connectivity index (χ3n) is 2.50. The molecule has 0 aliphatic carbocycles. The van der Waals surface area contributed by atoms with Crippen molar-refractivity contribution in [1.29, 1.82) is 0 Å². The molecule has 0 atom stereocenters. The molecule has 18 heavy (non-hydrogen) atoms.